The summed E-state index contributed by atoms with van der Waals surface area (Å²) in [6.07, 6.45) is 1.04. The lowest BCUT2D eigenvalue weighted by Gasteiger charge is -2.33. The van der Waals surface area contributed by atoms with Crippen molar-refractivity contribution in [3.63, 3.8) is 0 Å². The predicted octanol–water partition coefficient (Wildman–Crippen LogP) is 4.89. The molecule has 3 aromatic rings. The van der Waals surface area contributed by atoms with Crippen LogP contribution in [0.25, 0.3) is 0 Å². The topological polar surface area (TPSA) is 105 Å². The van der Waals surface area contributed by atoms with Crippen LogP contribution in [-0.4, -0.2) is 58.5 Å². The molecular weight excluding hydrogens is 566 g/mol. The third kappa shape index (κ3) is 7.71. The predicted molar refractivity (Wildman–Crippen MR) is 160 cm³/mol. The molecule has 0 bridgehead atoms. The fourth-order valence-corrected chi connectivity index (χ4v) is 5.95. The van der Waals surface area contributed by atoms with Crippen molar-refractivity contribution in [2.45, 2.75) is 44.2 Å². The summed E-state index contributed by atoms with van der Waals surface area (Å²) in [5.74, 6) is -0.196. The number of methoxy groups -OCH3 is 2. The van der Waals surface area contributed by atoms with Crippen LogP contribution in [0.5, 0.6) is 11.5 Å². The van der Waals surface area contributed by atoms with E-state index in [2.05, 4.69) is 5.32 Å². The van der Waals surface area contributed by atoms with Crippen molar-refractivity contribution in [3.05, 3.63) is 83.4 Å². The maximum atomic E-state index is 14.1. The molecule has 3 rings (SSSR count). The van der Waals surface area contributed by atoms with Gasteiger partial charge in [-0.15, -0.1) is 0 Å². The zero-order valence-electron chi connectivity index (χ0n) is 23.7. The van der Waals surface area contributed by atoms with Crippen LogP contribution in [0.2, 0.25) is 5.02 Å². The monoisotopic (exact) mass is 601 g/mol. The Morgan fingerprint density at radius 3 is 2.20 bits per heavy atom. The second-order valence-corrected chi connectivity index (χ2v) is 11.5. The second-order valence-electron chi connectivity index (χ2n) is 9.19. The number of hydrogen-bond donors (Lipinski definition) is 1. The van der Waals surface area contributed by atoms with Gasteiger partial charge in [-0.05, 0) is 48.7 Å². The van der Waals surface area contributed by atoms with E-state index >= 15 is 0 Å². The molecule has 0 unspecified atom stereocenters. The van der Waals surface area contributed by atoms with Gasteiger partial charge in [-0.2, -0.15) is 0 Å². The van der Waals surface area contributed by atoms with Crippen molar-refractivity contribution in [1.29, 1.82) is 0 Å². The van der Waals surface area contributed by atoms with E-state index in [9.17, 15) is 18.0 Å². The van der Waals surface area contributed by atoms with Crippen molar-refractivity contribution in [1.82, 2.24) is 10.2 Å². The van der Waals surface area contributed by atoms with Crippen LogP contribution < -0.4 is 19.1 Å². The van der Waals surface area contributed by atoms with E-state index in [-0.39, 0.29) is 23.0 Å². The van der Waals surface area contributed by atoms with Gasteiger partial charge in [0, 0.05) is 24.2 Å². The highest BCUT2D eigenvalue weighted by molar-refractivity contribution is 7.92. The van der Waals surface area contributed by atoms with Gasteiger partial charge in [0.25, 0.3) is 10.0 Å². The molecule has 1 N–H and O–H groups in total. The number of ether oxygens (including phenoxy) is 2. The van der Waals surface area contributed by atoms with Gasteiger partial charge in [0.1, 0.15) is 12.6 Å². The van der Waals surface area contributed by atoms with E-state index in [1.54, 1.807) is 61.5 Å². The van der Waals surface area contributed by atoms with Crippen LogP contribution in [0.3, 0.4) is 0 Å². The van der Waals surface area contributed by atoms with Gasteiger partial charge in [0.2, 0.25) is 11.8 Å². The van der Waals surface area contributed by atoms with Gasteiger partial charge in [-0.25, -0.2) is 8.42 Å². The molecule has 0 saturated heterocycles. The minimum Gasteiger partial charge on any atom is -0.493 e. The molecule has 0 aliphatic rings. The number of halogens is 1. The average Bonchev–Trinajstić information content (AvgIpc) is 2.99. The molecule has 0 aliphatic heterocycles. The molecule has 3 aromatic carbocycles. The first kappa shape index (κ1) is 31.8. The number of nitrogens with zero attached hydrogens (tertiary/aromatic N) is 2. The van der Waals surface area contributed by atoms with E-state index < -0.39 is 28.5 Å². The van der Waals surface area contributed by atoms with Crippen LogP contribution in [0.1, 0.15) is 32.3 Å². The summed E-state index contributed by atoms with van der Waals surface area (Å²) in [7, 11) is -1.30. The van der Waals surface area contributed by atoms with Gasteiger partial charge < -0.3 is 19.7 Å². The van der Waals surface area contributed by atoms with E-state index in [4.69, 9.17) is 21.1 Å². The summed E-state index contributed by atoms with van der Waals surface area (Å²) in [6.45, 7) is 3.62. The summed E-state index contributed by atoms with van der Waals surface area (Å²) in [6, 6.07) is 18.6. The zero-order valence-corrected chi connectivity index (χ0v) is 25.2. The fraction of sp³-hybridized carbons (Fsp3) is 0.333. The molecule has 0 spiro atoms. The molecule has 9 nitrogen and oxygen atoms in total. The number of anilines is 1. The number of carbonyl (C=O) groups excluding carboxylic acids is 2. The highest BCUT2D eigenvalue weighted by atomic mass is 35.5. The minimum absolute atomic E-state index is 0.00738. The highest BCUT2D eigenvalue weighted by Crippen LogP contribution is 2.34. The molecule has 0 aromatic heterocycles. The van der Waals surface area contributed by atoms with E-state index in [1.807, 2.05) is 6.92 Å². The van der Waals surface area contributed by atoms with Crippen LogP contribution >= 0.6 is 11.6 Å². The Bertz CT molecular complexity index is 1440. The van der Waals surface area contributed by atoms with Gasteiger partial charge in [0.05, 0.1) is 24.8 Å². The number of amides is 2. The molecule has 0 radical (unpaired) electrons. The first-order valence-corrected chi connectivity index (χ1v) is 15.1. The molecule has 0 saturated carbocycles. The molecule has 0 aliphatic carbocycles. The van der Waals surface area contributed by atoms with E-state index in [0.717, 1.165) is 10.7 Å². The standard InChI is InChI=1S/C30H36ClN3O6S/c1-5-18-32-30(36)26(6-2)33(20-22-12-10-11-15-25(22)31)29(35)21-34(41(37,38)24-13-8-7-9-14-24)23-16-17-27(39-3)28(19-23)40-4/h7-17,19,26H,5-6,18,20-21H2,1-4H3,(H,32,36)/t26-/m0/s1. The van der Waals surface area contributed by atoms with Crippen LogP contribution in [0.15, 0.2) is 77.7 Å². The number of benzene rings is 3. The Labute approximate surface area is 247 Å². The fourth-order valence-electron chi connectivity index (χ4n) is 4.32. The van der Waals surface area contributed by atoms with Crippen molar-refractivity contribution >= 4 is 39.1 Å². The van der Waals surface area contributed by atoms with Crippen LogP contribution in [0.4, 0.5) is 5.69 Å². The summed E-state index contributed by atoms with van der Waals surface area (Å²) >= 11 is 6.43. The maximum absolute atomic E-state index is 14.1. The molecule has 1 atom stereocenters. The first-order chi connectivity index (χ1) is 19.7. The van der Waals surface area contributed by atoms with E-state index in [1.165, 1.54) is 37.3 Å². The zero-order chi connectivity index (χ0) is 30.0. The van der Waals surface area contributed by atoms with Crippen molar-refractivity contribution < 1.29 is 27.5 Å². The normalized spacial score (nSPS) is 11.8. The van der Waals surface area contributed by atoms with Gasteiger partial charge in [0.15, 0.2) is 11.5 Å². The summed E-state index contributed by atoms with van der Waals surface area (Å²) < 4.78 is 39.6. The number of nitrogens with one attached hydrogen (secondary N) is 1. The molecule has 220 valence electrons. The largest absolute Gasteiger partial charge is 0.493 e. The number of hydrogen-bond acceptors (Lipinski definition) is 6. The Morgan fingerprint density at radius 2 is 1.59 bits per heavy atom. The summed E-state index contributed by atoms with van der Waals surface area (Å²) in [4.78, 5) is 28.7. The van der Waals surface area contributed by atoms with Crippen molar-refractivity contribution in [2.24, 2.45) is 0 Å². The number of sulfonamides is 1. The van der Waals surface area contributed by atoms with Crippen LogP contribution in [-0.2, 0) is 26.2 Å². The Hall–Kier alpha value is -3.76. The molecule has 11 heteroatoms. The first-order valence-electron chi connectivity index (χ1n) is 13.3. The Balaban J connectivity index is 2.11. The molecule has 41 heavy (non-hydrogen) atoms. The lowest BCUT2D eigenvalue weighted by molar-refractivity contribution is -0.140. The number of rotatable bonds is 14. The third-order valence-corrected chi connectivity index (χ3v) is 8.66. The van der Waals surface area contributed by atoms with Gasteiger partial charge >= 0.3 is 0 Å². The Kier molecular flexibility index (Phi) is 11.4. The molecule has 0 heterocycles. The number of carbonyl (C=O) groups is 2. The minimum atomic E-state index is -4.21. The summed E-state index contributed by atoms with van der Waals surface area (Å²) in [5, 5.41) is 3.29. The smallest absolute Gasteiger partial charge is 0.264 e. The lowest BCUT2D eigenvalue weighted by Crippen LogP contribution is -2.52. The SMILES string of the molecule is CCCNC(=O)[C@H](CC)N(Cc1ccccc1Cl)C(=O)CN(c1ccc(OC)c(OC)c1)S(=O)(=O)c1ccccc1. The quantitative estimate of drug-likeness (QED) is 0.282. The van der Waals surface area contributed by atoms with Crippen LogP contribution in [0, 0.1) is 0 Å². The van der Waals surface area contributed by atoms with E-state index in [0.29, 0.717) is 35.1 Å². The lowest BCUT2D eigenvalue weighted by atomic mass is 10.1. The molecule has 2 amide bonds. The maximum Gasteiger partial charge on any atom is 0.264 e. The van der Waals surface area contributed by atoms with Crippen molar-refractivity contribution in [2.75, 3.05) is 31.6 Å². The van der Waals surface area contributed by atoms with Crippen molar-refractivity contribution in [3.8, 4) is 11.5 Å². The average molecular weight is 602 g/mol. The second kappa shape index (κ2) is 14.7. The molecule has 0 fully saturated rings. The molecular formula is C30H36ClN3O6S. The highest BCUT2D eigenvalue weighted by Gasteiger charge is 2.34. The van der Waals surface area contributed by atoms with Gasteiger partial charge in [-0.3, -0.25) is 13.9 Å². The Morgan fingerprint density at radius 1 is 0.927 bits per heavy atom. The summed E-state index contributed by atoms with van der Waals surface area (Å²) in [5.41, 5.74) is 0.828. The van der Waals surface area contributed by atoms with Gasteiger partial charge in [-0.1, -0.05) is 61.8 Å². The third-order valence-electron chi connectivity index (χ3n) is 6.50.